The van der Waals surface area contributed by atoms with E-state index in [-0.39, 0.29) is 13.2 Å². The van der Waals surface area contributed by atoms with Crippen molar-refractivity contribution < 1.29 is 23.7 Å². The first-order chi connectivity index (χ1) is 23.7. The Morgan fingerprint density at radius 3 is 1.79 bits per heavy atom. The van der Waals surface area contributed by atoms with Gasteiger partial charge in [0.1, 0.15) is 35.8 Å². The quantitative estimate of drug-likeness (QED) is 0.144. The van der Waals surface area contributed by atoms with Gasteiger partial charge in [-0.2, -0.15) is 5.10 Å². The van der Waals surface area contributed by atoms with Gasteiger partial charge in [-0.1, -0.05) is 121 Å². The number of rotatable bonds is 14. The molecule has 0 spiro atoms. The summed E-state index contributed by atoms with van der Waals surface area (Å²) in [6.45, 7) is 1.53. The van der Waals surface area contributed by atoms with Gasteiger partial charge < -0.3 is 29.4 Å². The van der Waals surface area contributed by atoms with Crippen molar-refractivity contribution in [2.45, 2.75) is 50.5 Å². The first-order valence-corrected chi connectivity index (χ1v) is 16.1. The largest absolute Gasteiger partial charge is 0.382 e. The van der Waals surface area contributed by atoms with Gasteiger partial charge in [0.25, 0.3) is 0 Å². The molecule has 0 amide bonds. The third-order valence-electron chi connectivity index (χ3n) is 8.45. The Bertz CT molecular complexity index is 1870. The number of nitrogens with zero attached hydrogens (tertiary/aromatic N) is 3. The van der Waals surface area contributed by atoms with E-state index >= 15 is 0 Å². The summed E-state index contributed by atoms with van der Waals surface area (Å²) in [5.74, 6) is -1.13. The number of nitrogen functional groups attached to an aromatic ring is 1. The minimum atomic E-state index is -1.47. The van der Waals surface area contributed by atoms with Crippen molar-refractivity contribution >= 4 is 11.3 Å². The van der Waals surface area contributed by atoms with Crippen LogP contribution in [0.4, 0.5) is 5.82 Å². The molecule has 1 aliphatic rings. The van der Waals surface area contributed by atoms with Crippen LogP contribution in [0.1, 0.15) is 27.9 Å². The number of benzene rings is 4. The maximum Gasteiger partial charge on any atom is 0.243 e. The fourth-order valence-electron chi connectivity index (χ4n) is 6.07. The first-order valence-electron chi connectivity index (χ1n) is 16.1. The lowest BCUT2D eigenvalue weighted by Gasteiger charge is -2.35. The smallest absolute Gasteiger partial charge is 0.243 e. The molecular formula is C39H38N4O5. The van der Waals surface area contributed by atoms with Crippen LogP contribution in [0.2, 0.25) is 0 Å². The second-order valence-electron chi connectivity index (χ2n) is 11.7. The maximum atomic E-state index is 7.08. The van der Waals surface area contributed by atoms with Crippen LogP contribution in [0.15, 0.2) is 140 Å². The van der Waals surface area contributed by atoms with E-state index in [4.69, 9.17) is 29.4 Å². The van der Waals surface area contributed by atoms with Gasteiger partial charge in [-0.3, -0.25) is 0 Å². The molecule has 2 N–H and O–H groups in total. The van der Waals surface area contributed by atoms with E-state index in [9.17, 15) is 0 Å². The van der Waals surface area contributed by atoms with Gasteiger partial charge in [0.2, 0.25) is 5.79 Å². The lowest BCUT2D eigenvalue weighted by Crippen LogP contribution is -2.46. The summed E-state index contributed by atoms with van der Waals surface area (Å²) < 4.78 is 35.7. The van der Waals surface area contributed by atoms with E-state index in [2.05, 4.69) is 10.1 Å². The van der Waals surface area contributed by atoms with Crippen LogP contribution < -0.4 is 5.73 Å². The van der Waals surface area contributed by atoms with Crippen LogP contribution in [0, 0.1) is 0 Å². The average Bonchev–Trinajstić information content (AvgIpc) is 3.71. The third kappa shape index (κ3) is 7.01. The van der Waals surface area contributed by atoms with Crippen LogP contribution in [0.25, 0.3) is 5.52 Å². The Morgan fingerprint density at radius 1 is 0.646 bits per heavy atom. The molecule has 4 aromatic carbocycles. The van der Waals surface area contributed by atoms with Gasteiger partial charge in [-0.25, -0.2) is 9.50 Å². The van der Waals surface area contributed by atoms with Crippen molar-refractivity contribution in [3.05, 3.63) is 168 Å². The molecule has 0 saturated carbocycles. The van der Waals surface area contributed by atoms with Gasteiger partial charge in [0.15, 0.2) is 5.82 Å². The summed E-state index contributed by atoms with van der Waals surface area (Å²) in [4.78, 5) is 4.21. The fourth-order valence-corrected chi connectivity index (χ4v) is 6.07. The minimum Gasteiger partial charge on any atom is -0.382 e. The SMILES string of the molecule is Nc1ncnn2c(C3(OCc4ccccc4)O[C@H](COCc4ccccc4)[C@@H](OCc4ccccc4)[C@H]3OCc3ccccc3)ccc12. The number of fused-ring (bicyclic) bond motifs is 1. The standard InChI is InChI=1S/C39H38N4O5/c40-38-33-21-22-35(43(33)42-28-41-38)39(47-26-32-19-11-4-12-20-32)37(46-25-31-17-9-3-10-18-31)36(45-24-30-15-7-2-8-16-30)34(48-39)27-44-23-29-13-5-1-6-14-29/h1-22,28,34,36-37H,23-27H2,(H2,40,41,42)/t34-,36-,37-,39?/m1/s1. The first kappa shape index (κ1) is 31.7. The summed E-state index contributed by atoms with van der Waals surface area (Å²) in [6.07, 6.45) is -0.483. The van der Waals surface area contributed by atoms with Gasteiger partial charge in [0, 0.05) is 0 Å². The predicted octanol–water partition coefficient (Wildman–Crippen LogP) is 6.47. The van der Waals surface area contributed by atoms with Crippen molar-refractivity contribution in [3.8, 4) is 0 Å². The van der Waals surface area contributed by atoms with Crippen molar-refractivity contribution in [2.24, 2.45) is 0 Å². The number of aromatic nitrogens is 3. The maximum absolute atomic E-state index is 7.08. The lowest BCUT2D eigenvalue weighted by atomic mass is 10.0. The predicted molar refractivity (Wildman–Crippen MR) is 181 cm³/mol. The Labute approximate surface area is 279 Å². The molecule has 6 aromatic rings. The molecule has 0 radical (unpaired) electrons. The normalized spacial score (nSPS) is 20.7. The van der Waals surface area contributed by atoms with Gasteiger partial charge in [-0.05, 0) is 34.4 Å². The molecule has 9 heteroatoms. The van der Waals surface area contributed by atoms with E-state index in [0.717, 1.165) is 22.3 Å². The molecular weight excluding hydrogens is 604 g/mol. The molecule has 7 rings (SSSR count). The Balaban J connectivity index is 1.30. The highest BCUT2D eigenvalue weighted by Crippen LogP contribution is 2.46. The van der Waals surface area contributed by atoms with Gasteiger partial charge >= 0.3 is 0 Å². The van der Waals surface area contributed by atoms with Crippen LogP contribution >= 0.6 is 0 Å². The number of nitrogens with two attached hydrogens (primary N) is 1. The third-order valence-corrected chi connectivity index (χ3v) is 8.45. The van der Waals surface area contributed by atoms with Crippen LogP contribution in [0.5, 0.6) is 0 Å². The molecule has 9 nitrogen and oxygen atoms in total. The zero-order valence-electron chi connectivity index (χ0n) is 26.5. The molecule has 2 aromatic heterocycles. The van der Waals surface area contributed by atoms with E-state index in [1.165, 1.54) is 6.33 Å². The van der Waals surface area contributed by atoms with Gasteiger partial charge in [0.05, 0.1) is 33.0 Å². The number of ether oxygens (including phenoxy) is 5. The van der Waals surface area contributed by atoms with Crippen LogP contribution in [0.3, 0.4) is 0 Å². The van der Waals surface area contributed by atoms with E-state index in [1.807, 2.05) is 133 Å². The second-order valence-corrected chi connectivity index (χ2v) is 11.7. The fraction of sp³-hybridized carbons (Fsp3) is 0.231. The molecule has 3 heterocycles. The molecule has 1 fully saturated rings. The van der Waals surface area contributed by atoms with Crippen LogP contribution in [-0.4, -0.2) is 39.5 Å². The lowest BCUT2D eigenvalue weighted by molar-refractivity contribution is -0.289. The Morgan fingerprint density at radius 2 is 1.19 bits per heavy atom. The molecule has 1 aliphatic heterocycles. The summed E-state index contributed by atoms with van der Waals surface area (Å²) >= 11 is 0. The molecule has 4 atom stereocenters. The summed E-state index contributed by atoms with van der Waals surface area (Å²) in [6, 6.07) is 43.9. The van der Waals surface area contributed by atoms with Crippen molar-refractivity contribution in [1.29, 1.82) is 0 Å². The second kappa shape index (κ2) is 14.9. The topological polar surface area (TPSA) is 102 Å². The highest BCUT2D eigenvalue weighted by atomic mass is 16.8. The summed E-state index contributed by atoms with van der Waals surface area (Å²) in [7, 11) is 0. The number of anilines is 1. The molecule has 48 heavy (non-hydrogen) atoms. The molecule has 1 saturated heterocycles. The molecule has 0 bridgehead atoms. The number of hydrogen-bond donors (Lipinski definition) is 1. The van der Waals surface area contributed by atoms with Crippen molar-refractivity contribution in [3.63, 3.8) is 0 Å². The zero-order valence-corrected chi connectivity index (χ0v) is 26.5. The molecule has 0 aliphatic carbocycles. The van der Waals surface area contributed by atoms with E-state index in [0.29, 0.717) is 36.8 Å². The van der Waals surface area contributed by atoms with Crippen molar-refractivity contribution in [2.75, 3.05) is 12.3 Å². The van der Waals surface area contributed by atoms with E-state index < -0.39 is 24.1 Å². The highest BCUT2D eigenvalue weighted by Gasteiger charge is 2.60. The Hall–Kier alpha value is -4.90. The minimum absolute atomic E-state index is 0.233. The molecule has 1 unspecified atom stereocenters. The number of hydrogen-bond acceptors (Lipinski definition) is 8. The van der Waals surface area contributed by atoms with Gasteiger partial charge in [-0.15, -0.1) is 0 Å². The molecule has 244 valence electrons. The van der Waals surface area contributed by atoms with Crippen molar-refractivity contribution in [1.82, 2.24) is 14.6 Å². The Kier molecular flexibility index (Phi) is 9.83. The summed E-state index contributed by atoms with van der Waals surface area (Å²) in [5.41, 5.74) is 11.6. The average molecular weight is 643 g/mol. The summed E-state index contributed by atoms with van der Waals surface area (Å²) in [5, 5.41) is 4.58. The van der Waals surface area contributed by atoms with Crippen LogP contribution in [-0.2, 0) is 55.9 Å². The zero-order chi connectivity index (χ0) is 32.6. The van der Waals surface area contributed by atoms with E-state index in [1.54, 1.807) is 4.52 Å². The monoisotopic (exact) mass is 642 g/mol. The highest BCUT2D eigenvalue weighted by molar-refractivity contribution is 5.65.